The van der Waals surface area contributed by atoms with Gasteiger partial charge in [0.05, 0.1) is 17.5 Å². The van der Waals surface area contributed by atoms with Crippen molar-refractivity contribution in [2.75, 3.05) is 13.1 Å². The second-order valence-electron chi connectivity index (χ2n) is 3.74. The average molecular weight is 219 g/mol. The van der Waals surface area contributed by atoms with E-state index in [9.17, 15) is 13.2 Å². The first kappa shape index (κ1) is 10.5. The lowest BCUT2D eigenvalue weighted by atomic mass is 9.94. The fraction of sp³-hybridized carbons (Fsp3) is 0.667. The lowest BCUT2D eigenvalue weighted by Crippen LogP contribution is -2.29. The molecule has 0 bridgehead atoms. The first-order valence-corrected chi connectivity index (χ1v) is 4.90. The van der Waals surface area contributed by atoms with Crippen LogP contribution in [0.15, 0.2) is 6.20 Å². The van der Waals surface area contributed by atoms with Crippen LogP contribution < -0.4 is 5.32 Å². The number of hydrogen-bond acceptors (Lipinski definition) is 2. The Labute approximate surface area is 85.1 Å². The number of nitrogens with zero attached hydrogens (tertiary/aromatic N) is 1. The van der Waals surface area contributed by atoms with E-state index in [1.165, 1.54) is 0 Å². The summed E-state index contributed by atoms with van der Waals surface area (Å²) in [4.78, 5) is 0. The van der Waals surface area contributed by atoms with Gasteiger partial charge in [-0.05, 0) is 19.4 Å². The summed E-state index contributed by atoms with van der Waals surface area (Å²) in [6.07, 6.45) is -1.76. The maximum Gasteiger partial charge on any atom is 0.419 e. The van der Waals surface area contributed by atoms with Crippen LogP contribution in [0, 0.1) is 0 Å². The van der Waals surface area contributed by atoms with Crippen molar-refractivity contribution >= 4 is 0 Å². The normalized spacial score (nSPS) is 23.0. The number of rotatable bonds is 1. The summed E-state index contributed by atoms with van der Waals surface area (Å²) in [6.45, 7) is 1.47. The molecule has 0 amide bonds. The number of nitrogens with one attached hydrogen (secondary N) is 2. The van der Waals surface area contributed by atoms with E-state index >= 15 is 0 Å². The van der Waals surface area contributed by atoms with Crippen LogP contribution in [0.3, 0.4) is 0 Å². The first-order chi connectivity index (χ1) is 7.09. The number of piperidine rings is 1. The summed E-state index contributed by atoms with van der Waals surface area (Å²) >= 11 is 0. The topological polar surface area (TPSA) is 40.7 Å². The highest BCUT2D eigenvalue weighted by Crippen LogP contribution is 2.35. The summed E-state index contributed by atoms with van der Waals surface area (Å²) in [5, 5.41) is 9.05. The van der Waals surface area contributed by atoms with Gasteiger partial charge in [0.15, 0.2) is 0 Å². The number of aromatic nitrogens is 2. The molecule has 1 unspecified atom stereocenters. The molecule has 84 valence electrons. The number of hydrogen-bond donors (Lipinski definition) is 2. The Hall–Kier alpha value is -1.04. The van der Waals surface area contributed by atoms with Gasteiger partial charge in [0.25, 0.3) is 0 Å². The average Bonchev–Trinajstić information content (AvgIpc) is 2.67. The van der Waals surface area contributed by atoms with Gasteiger partial charge >= 0.3 is 6.18 Å². The van der Waals surface area contributed by atoms with Crippen LogP contribution in [0.5, 0.6) is 0 Å². The van der Waals surface area contributed by atoms with Crippen LogP contribution in [-0.4, -0.2) is 23.3 Å². The Morgan fingerprint density at radius 2 is 2.20 bits per heavy atom. The van der Waals surface area contributed by atoms with Crippen LogP contribution in [0.4, 0.5) is 13.2 Å². The number of alkyl halides is 3. The molecule has 1 aliphatic rings. The van der Waals surface area contributed by atoms with Gasteiger partial charge in [-0.2, -0.15) is 18.3 Å². The van der Waals surface area contributed by atoms with Crippen LogP contribution in [0.25, 0.3) is 0 Å². The quantitative estimate of drug-likeness (QED) is 0.757. The molecule has 1 fully saturated rings. The predicted molar refractivity (Wildman–Crippen MR) is 48.4 cm³/mol. The van der Waals surface area contributed by atoms with Gasteiger partial charge in [0.2, 0.25) is 0 Å². The van der Waals surface area contributed by atoms with E-state index in [0.717, 1.165) is 25.6 Å². The Kier molecular flexibility index (Phi) is 2.68. The van der Waals surface area contributed by atoms with E-state index in [4.69, 9.17) is 0 Å². The summed E-state index contributed by atoms with van der Waals surface area (Å²) in [5.74, 6) is -0.0992. The molecule has 0 aliphatic carbocycles. The smallest absolute Gasteiger partial charge is 0.316 e. The zero-order valence-electron chi connectivity index (χ0n) is 8.06. The van der Waals surface area contributed by atoms with Crippen molar-refractivity contribution in [1.29, 1.82) is 0 Å². The molecule has 1 aliphatic heterocycles. The summed E-state index contributed by atoms with van der Waals surface area (Å²) in [6, 6.07) is 0. The highest BCUT2D eigenvalue weighted by Gasteiger charge is 2.37. The maximum absolute atomic E-state index is 12.6. The van der Waals surface area contributed by atoms with Crippen molar-refractivity contribution < 1.29 is 13.2 Å². The van der Waals surface area contributed by atoms with Crippen molar-refractivity contribution in [2.45, 2.75) is 24.9 Å². The van der Waals surface area contributed by atoms with Gasteiger partial charge in [-0.3, -0.25) is 5.10 Å². The van der Waals surface area contributed by atoms with Crippen LogP contribution in [0.1, 0.15) is 30.0 Å². The van der Waals surface area contributed by atoms with E-state index in [2.05, 4.69) is 15.5 Å². The second-order valence-corrected chi connectivity index (χ2v) is 3.74. The molecule has 1 saturated heterocycles. The van der Waals surface area contributed by atoms with Crippen molar-refractivity contribution in [2.24, 2.45) is 0 Å². The largest absolute Gasteiger partial charge is 0.419 e. The van der Waals surface area contributed by atoms with E-state index in [0.29, 0.717) is 6.54 Å². The molecule has 1 aromatic rings. The fourth-order valence-electron chi connectivity index (χ4n) is 1.93. The zero-order chi connectivity index (χ0) is 10.9. The van der Waals surface area contributed by atoms with Gasteiger partial charge < -0.3 is 5.32 Å². The molecule has 0 radical (unpaired) electrons. The van der Waals surface area contributed by atoms with Crippen molar-refractivity contribution in [3.63, 3.8) is 0 Å². The standard InChI is InChI=1S/C9H12F3N3/c10-9(11,12)7-5-14-15-8(7)6-2-1-3-13-4-6/h5-6,13H,1-4H2,(H,14,15). The van der Waals surface area contributed by atoms with Gasteiger partial charge in [-0.25, -0.2) is 0 Å². The lowest BCUT2D eigenvalue weighted by Gasteiger charge is -2.23. The highest BCUT2D eigenvalue weighted by molar-refractivity contribution is 5.24. The molecule has 2 rings (SSSR count). The van der Waals surface area contributed by atoms with Crippen LogP contribution in [0.2, 0.25) is 0 Å². The van der Waals surface area contributed by atoms with Gasteiger partial charge in [0, 0.05) is 12.5 Å². The minimum Gasteiger partial charge on any atom is -0.316 e. The van der Waals surface area contributed by atoms with Crippen molar-refractivity contribution in [3.8, 4) is 0 Å². The number of H-pyrrole nitrogens is 1. The minimum atomic E-state index is -4.31. The molecule has 0 saturated carbocycles. The molecule has 3 nitrogen and oxygen atoms in total. The van der Waals surface area contributed by atoms with Crippen LogP contribution >= 0.6 is 0 Å². The molecule has 2 N–H and O–H groups in total. The van der Waals surface area contributed by atoms with Crippen molar-refractivity contribution in [1.82, 2.24) is 15.5 Å². The van der Waals surface area contributed by atoms with Crippen LogP contribution in [-0.2, 0) is 6.18 Å². The Bertz CT molecular complexity index is 326. The van der Waals surface area contributed by atoms with E-state index in [1.807, 2.05) is 0 Å². The minimum absolute atomic E-state index is 0.0992. The van der Waals surface area contributed by atoms with E-state index in [-0.39, 0.29) is 11.6 Å². The molecule has 1 atom stereocenters. The SMILES string of the molecule is FC(F)(F)c1cn[nH]c1C1CCCNC1. The first-order valence-electron chi connectivity index (χ1n) is 4.90. The van der Waals surface area contributed by atoms with Crippen molar-refractivity contribution in [3.05, 3.63) is 17.5 Å². The Morgan fingerprint density at radius 3 is 2.80 bits per heavy atom. The molecular formula is C9H12F3N3. The van der Waals surface area contributed by atoms with E-state index < -0.39 is 11.7 Å². The molecule has 0 aromatic carbocycles. The van der Waals surface area contributed by atoms with Gasteiger partial charge in [-0.15, -0.1) is 0 Å². The monoisotopic (exact) mass is 219 g/mol. The van der Waals surface area contributed by atoms with Gasteiger partial charge in [-0.1, -0.05) is 0 Å². The summed E-state index contributed by atoms with van der Waals surface area (Å²) in [7, 11) is 0. The summed E-state index contributed by atoms with van der Waals surface area (Å²) in [5.41, 5.74) is -0.411. The molecule has 6 heteroatoms. The van der Waals surface area contributed by atoms with E-state index in [1.54, 1.807) is 0 Å². The van der Waals surface area contributed by atoms with Gasteiger partial charge in [0.1, 0.15) is 0 Å². The third-order valence-electron chi connectivity index (χ3n) is 2.68. The zero-order valence-corrected chi connectivity index (χ0v) is 8.06. The third kappa shape index (κ3) is 2.14. The third-order valence-corrected chi connectivity index (χ3v) is 2.68. The second kappa shape index (κ2) is 3.84. The molecular weight excluding hydrogens is 207 g/mol. The number of halogens is 3. The fourth-order valence-corrected chi connectivity index (χ4v) is 1.93. The highest BCUT2D eigenvalue weighted by atomic mass is 19.4. The molecule has 2 heterocycles. The molecule has 1 aromatic heterocycles. The predicted octanol–water partition coefficient (Wildman–Crippen LogP) is 1.90. The molecule has 0 spiro atoms. The Balaban J connectivity index is 2.24. The lowest BCUT2D eigenvalue weighted by molar-refractivity contribution is -0.138. The Morgan fingerprint density at radius 1 is 1.40 bits per heavy atom. The maximum atomic E-state index is 12.6. The molecule has 15 heavy (non-hydrogen) atoms. The number of aromatic amines is 1. The summed E-state index contributed by atoms with van der Waals surface area (Å²) < 4.78 is 37.7.